The fraction of sp³-hybridized carbons (Fsp3) is 0.500. The molecule has 2 rings (SSSR count). The average molecular weight is 380 g/mol. The van der Waals surface area contributed by atoms with Crippen molar-refractivity contribution >= 4 is 35.2 Å². The smallest absolute Gasteiger partial charge is 0.244 e. The molecule has 2 atom stereocenters. The van der Waals surface area contributed by atoms with E-state index in [0.29, 0.717) is 30.0 Å². The molecule has 0 unspecified atom stereocenters. The lowest BCUT2D eigenvalue weighted by Crippen LogP contribution is -2.53. The number of methoxy groups -OCH3 is 2. The van der Waals surface area contributed by atoms with Crippen molar-refractivity contribution in [3.63, 3.8) is 0 Å². The summed E-state index contributed by atoms with van der Waals surface area (Å²) in [6, 6.07) is 5.00. The summed E-state index contributed by atoms with van der Waals surface area (Å²) in [7, 11) is 3.01. The first-order chi connectivity index (χ1) is 12.4. The van der Waals surface area contributed by atoms with Gasteiger partial charge in [0.15, 0.2) is 0 Å². The normalized spacial score (nSPS) is 20.1. The summed E-state index contributed by atoms with van der Waals surface area (Å²) in [5.41, 5.74) is 0.419. The van der Waals surface area contributed by atoms with Crippen molar-refractivity contribution in [2.24, 2.45) is 0 Å². The number of benzene rings is 1. The first kappa shape index (κ1) is 20.1. The maximum Gasteiger partial charge on any atom is 0.244 e. The first-order valence-electron chi connectivity index (χ1n) is 8.47. The number of hydrogen-bond donors (Lipinski definition) is 1. The Kier molecular flexibility index (Phi) is 6.90. The second kappa shape index (κ2) is 8.93. The van der Waals surface area contributed by atoms with E-state index in [4.69, 9.17) is 9.47 Å². The molecule has 142 valence electrons. The predicted molar refractivity (Wildman–Crippen MR) is 101 cm³/mol. The lowest BCUT2D eigenvalue weighted by Gasteiger charge is -2.34. The minimum absolute atomic E-state index is 0.295. The van der Waals surface area contributed by atoms with Gasteiger partial charge < -0.3 is 14.8 Å². The number of ether oxygens (including phenoxy) is 2. The lowest BCUT2D eigenvalue weighted by atomic mass is 10.2. The van der Waals surface area contributed by atoms with Gasteiger partial charge >= 0.3 is 0 Å². The zero-order valence-corrected chi connectivity index (χ0v) is 16.2. The molecular formula is C18H24N2O5S. The lowest BCUT2D eigenvalue weighted by molar-refractivity contribution is -0.147. The number of rotatable bonds is 7. The molecule has 1 N–H and O–H groups in total. The van der Waals surface area contributed by atoms with Crippen molar-refractivity contribution in [2.45, 2.75) is 37.2 Å². The van der Waals surface area contributed by atoms with Crippen LogP contribution in [0.5, 0.6) is 11.5 Å². The molecule has 3 amide bonds. The number of imide groups is 1. The third kappa shape index (κ3) is 4.30. The second-order valence-corrected chi connectivity index (χ2v) is 7.22. The summed E-state index contributed by atoms with van der Waals surface area (Å²) in [6.07, 6.45) is 1.24. The van der Waals surface area contributed by atoms with E-state index in [-0.39, 0.29) is 28.9 Å². The number of nitrogens with zero attached hydrogens (tertiary/aromatic N) is 1. The molecule has 1 aromatic carbocycles. The van der Waals surface area contributed by atoms with Crippen LogP contribution in [0.4, 0.5) is 5.69 Å². The Morgan fingerprint density at radius 3 is 2.23 bits per heavy atom. The minimum atomic E-state index is -0.463. The molecule has 26 heavy (non-hydrogen) atoms. The number of anilines is 1. The van der Waals surface area contributed by atoms with E-state index >= 15 is 0 Å². The Bertz CT molecular complexity index is 672. The zero-order chi connectivity index (χ0) is 19.3. The number of carbonyl (C=O) groups excluding carboxylic acids is 3. The molecule has 1 heterocycles. The van der Waals surface area contributed by atoms with Crippen LogP contribution < -0.4 is 14.8 Å². The van der Waals surface area contributed by atoms with Crippen molar-refractivity contribution in [2.75, 3.05) is 26.1 Å². The van der Waals surface area contributed by atoms with Crippen LogP contribution >= 0.6 is 11.8 Å². The summed E-state index contributed by atoms with van der Waals surface area (Å²) >= 11 is 1.38. The van der Waals surface area contributed by atoms with Gasteiger partial charge in [-0.2, -0.15) is 0 Å². The molecule has 1 fully saturated rings. The fourth-order valence-corrected chi connectivity index (χ4v) is 3.98. The maximum absolute atomic E-state index is 12.5. The van der Waals surface area contributed by atoms with Crippen LogP contribution in [-0.4, -0.2) is 53.9 Å². The first-order valence-corrected chi connectivity index (χ1v) is 9.41. The van der Waals surface area contributed by atoms with Crippen molar-refractivity contribution in [3.8, 4) is 11.5 Å². The van der Waals surface area contributed by atoms with Gasteiger partial charge in [0.05, 0.1) is 30.4 Å². The second-order valence-electron chi connectivity index (χ2n) is 5.81. The van der Waals surface area contributed by atoms with E-state index < -0.39 is 5.91 Å². The van der Waals surface area contributed by atoms with Gasteiger partial charge in [-0.25, -0.2) is 0 Å². The highest BCUT2D eigenvalue weighted by atomic mass is 32.2. The predicted octanol–water partition coefficient (Wildman–Crippen LogP) is 2.30. The summed E-state index contributed by atoms with van der Waals surface area (Å²) < 4.78 is 10.4. The molecule has 1 saturated heterocycles. The van der Waals surface area contributed by atoms with E-state index in [9.17, 15) is 14.4 Å². The Hall–Kier alpha value is -2.22. The number of amides is 3. The van der Waals surface area contributed by atoms with E-state index in [2.05, 4.69) is 5.32 Å². The monoisotopic (exact) mass is 380 g/mol. The molecular weight excluding hydrogens is 356 g/mol. The summed E-state index contributed by atoms with van der Waals surface area (Å²) in [6.45, 7) is 3.49. The van der Waals surface area contributed by atoms with E-state index in [0.717, 1.165) is 4.90 Å². The average Bonchev–Trinajstić information content (AvgIpc) is 2.65. The molecule has 0 bridgehead atoms. The molecule has 1 aliphatic rings. The van der Waals surface area contributed by atoms with Crippen molar-refractivity contribution in [1.29, 1.82) is 0 Å². The van der Waals surface area contributed by atoms with Crippen molar-refractivity contribution in [3.05, 3.63) is 18.2 Å². The van der Waals surface area contributed by atoms with E-state index in [1.165, 1.54) is 26.0 Å². The molecule has 0 radical (unpaired) electrons. The number of hydrogen-bond acceptors (Lipinski definition) is 6. The van der Waals surface area contributed by atoms with Gasteiger partial charge in [-0.05, 0) is 25.0 Å². The van der Waals surface area contributed by atoms with Crippen LogP contribution in [0.1, 0.15) is 26.7 Å². The highest BCUT2D eigenvalue weighted by Crippen LogP contribution is 2.32. The van der Waals surface area contributed by atoms with E-state index in [1.807, 2.05) is 13.8 Å². The Balaban J connectivity index is 2.15. The highest BCUT2D eigenvalue weighted by molar-refractivity contribution is 8.02. The van der Waals surface area contributed by atoms with Crippen molar-refractivity contribution in [1.82, 2.24) is 4.90 Å². The van der Waals surface area contributed by atoms with Crippen LogP contribution in [0.25, 0.3) is 0 Å². The largest absolute Gasteiger partial charge is 0.497 e. The Labute approximate surface area is 157 Å². The zero-order valence-electron chi connectivity index (χ0n) is 15.4. The molecule has 0 aromatic heterocycles. The van der Waals surface area contributed by atoms with Gasteiger partial charge in [0.2, 0.25) is 17.7 Å². The third-order valence-electron chi connectivity index (χ3n) is 4.14. The molecule has 8 heteroatoms. The number of thioether (sulfide) groups is 1. The molecule has 0 saturated carbocycles. The molecule has 1 aromatic rings. The standard InChI is InChI=1S/C18H24N2O5S/c1-5-14-17(22)20(18(23)15(6-2)26-14)10-16(21)19-12-9-11(24-3)7-8-13(12)25-4/h7-9,14-15H,5-6,10H2,1-4H3,(H,19,21)/t14-,15+. The van der Waals surface area contributed by atoms with Crippen LogP contribution in [0.15, 0.2) is 18.2 Å². The summed E-state index contributed by atoms with van der Waals surface area (Å²) in [5, 5.41) is 2.10. The highest BCUT2D eigenvalue weighted by Gasteiger charge is 2.40. The Morgan fingerprint density at radius 1 is 1.12 bits per heavy atom. The topological polar surface area (TPSA) is 84.9 Å². The summed E-state index contributed by atoms with van der Waals surface area (Å²) in [4.78, 5) is 38.5. The quantitative estimate of drug-likeness (QED) is 0.731. The van der Waals surface area contributed by atoms with Crippen LogP contribution in [-0.2, 0) is 14.4 Å². The fourth-order valence-electron chi connectivity index (χ4n) is 2.71. The van der Waals surface area contributed by atoms with Crippen LogP contribution in [0.3, 0.4) is 0 Å². The molecule has 7 nitrogen and oxygen atoms in total. The third-order valence-corrected chi connectivity index (χ3v) is 5.86. The SMILES string of the molecule is CC[C@@H]1S[C@H](CC)C(=O)N(CC(=O)Nc2cc(OC)ccc2OC)C1=O. The van der Waals surface area contributed by atoms with E-state index in [1.54, 1.807) is 18.2 Å². The van der Waals surface area contributed by atoms with Crippen molar-refractivity contribution < 1.29 is 23.9 Å². The Morgan fingerprint density at radius 2 is 1.73 bits per heavy atom. The van der Waals surface area contributed by atoms with Gasteiger partial charge in [0.25, 0.3) is 0 Å². The van der Waals surface area contributed by atoms with Gasteiger partial charge in [-0.1, -0.05) is 13.8 Å². The van der Waals surface area contributed by atoms with Crippen LogP contribution in [0, 0.1) is 0 Å². The van der Waals surface area contributed by atoms with Gasteiger partial charge in [-0.3, -0.25) is 19.3 Å². The van der Waals surface area contributed by atoms with Gasteiger partial charge in [0, 0.05) is 6.07 Å². The summed E-state index contributed by atoms with van der Waals surface area (Å²) in [5.74, 6) is -0.0571. The number of carbonyl (C=O) groups is 3. The van der Waals surface area contributed by atoms with Gasteiger partial charge in [0.1, 0.15) is 18.0 Å². The van der Waals surface area contributed by atoms with Gasteiger partial charge in [-0.15, -0.1) is 11.8 Å². The molecule has 0 aliphatic carbocycles. The maximum atomic E-state index is 12.5. The minimum Gasteiger partial charge on any atom is -0.497 e. The molecule has 1 aliphatic heterocycles. The number of nitrogens with one attached hydrogen (secondary N) is 1. The van der Waals surface area contributed by atoms with Crippen LogP contribution in [0.2, 0.25) is 0 Å². The molecule has 0 spiro atoms.